The highest BCUT2D eigenvalue weighted by molar-refractivity contribution is 7.98. The first-order valence-corrected chi connectivity index (χ1v) is 9.13. The predicted octanol–water partition coefficient (Wildman–Crippen LogP) is 4.00. The van der Waals surface area contributed by atoms with Crippen LogP contribution in [-0.2, 0) is 4.79 Å². The molecule has 21 heavy (non-hydrogen) atoms. The number of thioether (sulfide) groups is 1. The second-order valence-corrected chi connectivity index (χ2v) is 6.52. The highest BCUT2D eigenvalue weighted by atomic mass is 32.2. The molecule has 4 heteroatoms. The van der Waals surface area contributed by atoms with Gasteiger partial charge in [-0.25, -0.2) is 0 Å². The van der Waals surface area contributed by atoms with E-state index in [-0.39, 0.29) is 11.9 Å². The Kier molecular flexibility index (Phi) is 6.58. The fraction of sp³-hybridized carbons (Fsp3) is 0.588. The molecule has 1 aliphatic rings. The second kappa shape index (κ2) is 8.44. The van der Waals surface area contributed by atoms with Crippen molar-refractivity contribution in [1.29, 1.82) is 0 Å². The lowest BCUT2D eigenvalue weighted by Crippen LogP contribution is -2.43. The van der Waals surface area contributed by atoms with Crippen LogP contribution in [0.2, 0.25) is 0 Å². The minimum atomic E-state index is -0.0574. The fourth-order valence-corrected chi connectivity index (χ4v) is 3.36. The molecule has 1 heterocycles. The molecule has 3 nitrogen and oxygen atoms in total. The Hall–Kier alpha value is -1.00. The summed E-state index contributed by atoms with van der Waals surface area (Å²) in [5.74, 6) is 0.108. The van der Waals surface area contributed by atoms with E-state index in [1.165, 1.54) is 32.1 Å². The van der Waals surface area contributed by atoms with Crippen molar-refractivity contribution in [2.75, 3.05) is 24.7 Å². The quantitative estimate of drug-likeness (QED) is 0.853. The van der Waals surface area contributed by atoms with Gasteiger partial charge in [0, 0.05) is 4.90 Å². The molecule has 1 amide bonds. The number of nitrogens with one attached hydrogen (secondary N) is 1. The standard InChI is InChI=1S/C17H26N2OS/c1-14(19-12-8-4-3-5-9-13-19)17(20)18-15-10-6-7-11-16(15)21-2/h6-7,10-11,14H,3-5,8-9,12-13H2,1-2H3,(H,18,20). The molecule has 1 aliphatic heterocycles. The van der Waals surface area contributed by atoms with Crippen LogP contribution in [0.5, 0.6) is 0 Å². The molecule has 1 aromatic carbocycles. The van der Waals surface area contributed by atoms with Gasteiger partial charge in [0.2, 0.25) is 5.91 Å². The van der Waals surface area contributed by atoms with E-state index < -0.39 is 0 Å². The summed E-state index contributed by atoms with van der Waals surface area (Å²) < 4.78 is 0. The number of likely N-dealkylation sites (tertiary alicyclic amines) is 1. The summed E-state index contributed by atoms with van der Waals surface area (Å²) in [5, 5.41) is 3.09. The molecule has 0 radical (unpaired) electrons. The number of carbonyl (C=O) groups is 1. The summed E-state index contributed by atoms with van der Waals surface area (Å²) in [6.45, 7) is 4.11. The van der Waals surface area contributed by atoms with Crippen molar-refractivity contribution in [3.05, 3.63) is 24.3 Å². The van der Waals surface area contributed by atoms with E-state index in [1.807, 2.05) is 37.4 Å². The lowest BCUT2D eigenvalue weighted by molar-refractivity contribution is -0.120. The van der Waals surface area contributed by atoms with E-state index in [0.29, 0.717) is 0 Å². The van der Waals surface area contributed by atoms with E-state index in [2.05, 4.69) is 10.2 Å². The van der Waals surface area contributed by atoms with Gasteiger partial charge in [0.15, 0.2) is 0 Å². The minimum Gasteiger partial charge on any atom is -0.324 e. The van der Waals surface area contributed by atoms with Crippen LogP contribution in [-0.4, -0.2) is 36.2 Å². The van der Waals surface area contributed by atoms with Crippen molar-refractivity contribution >= 4 is 23.4 Å². The summed E-state index contributed by atoms with van der Waals surface area (Å²) in [7, 11) is 0. The van der Waals surface area contributed by atoms with Gasteiger partial charge < -0.3 is 5.32 Å². The molecule has 0 bridgehead atoms. The third-order valence-corrected chi connectivity index (χ3v) is 4.98. The predicted molar refractivity (Wildman–Crippen MR) is 91.0 cm³/mol. The number of hydrogen-bond donors (Lipinski definition) is 1. The van der Waals surface area contributed by atoms with Gasteiger partial charge in [-0.05, 0) is 51.2 Å². The van der Waals surface area contributed by atoms with Gasteiger partial charge in [-0.15, -0.1) is 11.8 Å². The summed E-state index contributed by atoms with van der Waals surface area (Å²) in [6.07, 6.45) is 8.38. The Morgan fingerprint density at radius 2 is 1.76 bits per heavy atom. The average Bonchev–Trinajstić information content (AvgIpc) is 2.47. The summed E-state index contributed by atoms with van der Waals surface area (Å²) in [5.41, 5.74) is 0.925. The topological polar surface area (TPSA) is 32.3 Å². The van der Waals surface area contributed by atoms with Crippen molar-refractivity contribution < 1.29 is 4.79 Å². The lowest BCUT2D eigenvalue weighted by Gasteiger charge is -2.29. The van der Waals surface area contributed by atoms with Gasteiger partial charge in [0.1, 0.15) is 0 Å². The molecule has 2 rings (SSSR count). The molecule has 116 valence electrons. The van der Waals surface area contributed by atoms with Crippen molar-refractivity contribution in [3.8, 4) is 0 Å². The molecule has 0 spiro atoms. The summed E-state index contributed by atoms with van der Waals surface area (Å²) >= 11 is 1.66. The molecule has 1 saturated heterocycles. The normalized spacial score (nSPS) is 18.6. The largest absolute Gasteiger partial charge is 0.324 e. The third kappa shape index (κ3) is 4.75. The number of rotatable bonds is 4. The second-order valence-electron chi connectivity index (χ2n) is 5.67. The van der Waals surface area contributed by atoms with Crippen molar-refractivity contribution in [2.24, 2.45) is 0 Å². The molecular weight excluding hydrogens is 280 g/mol. The van der Waals surface area contributed by atoms with Crippen LogP contribution in [0, 0.1) is 0 Å². The average molecular weight is 306 g/mol. The van der Waals surface area contributed by atoms with Gasteiger partial charge >= 0.3 is 0 Å². The molecule has 1 aromatic rings. The van der Waals surface area contributed by atoms with Gasteiger partial charge in [0.05, 0.1) is 11.7 Å². The Bertz CT molecular complexity index is 456. The van der Waals surface area contributed by atoms with Crippen LogP contribution in [0.4, 0.5) is 5.69 Å². The Balaban J connectivity index is 1.97. The number of anilines is 1. The van der Waals surface area contributed by atoms with Gasteiger partial charge in [0.25, 0.3) is 0 Å². The molecule has 0 aliphatic carbocycles. The maximum absolute atomic E-state index is 12.5. The minimum absolute atomic E-state index is 0.0574. The van der Waals surface area contributed by atoms with E-state index in [1.54, 1.807) is 11.8 Å². The molecule has 1 atom stereocenters. The summed E-state index contributed by atoms with van der Waals surface area (Å²) in [4.78, 5) is 16.0. The number of carbonyl (C=O) groups excluding carboxylic acids is 1. The lowest BCUT2D eigenvalue weighted by atomic mass is 10.1. The van der Waals surface area contributed by atoms with Crippen molar-refractivity contribution in [2.45, 2.75) is 50.0 Å². The SMILES string of the molecule is CSc1ccccc1NC(=O)C(C)N1CCCCCCC1. The molecule has 0 saturated carbocycles. The molecule has 1 fully saturated rings. The number of para-hydroxylation sites is 1. The number of amides is 1. The highest BCUT2D eigenvalue weighted by Gasteiger charge is 2.22. The Labute approximate surface area is 132 Å². The maximum atomic E-state index is 12.5. The number of nitrogens with zero attached hydrogens (tertiary/aromatic N) is 1. The van der Waals surface area contributed by atoms with Crippen LogP contribution < -0.4 is 5.32 Å². The zero-order valence-corrected chi connectivity index (χ0v) is 13.9. The third-order valence-electron chi connectivity index (χ3n) is 4.18. The zero-order chi connectivity index (χ0) is 15.1. The van der Waals surface area contributed by atoms with E-state index in [4.69, 9.17) is 0 Å². The Morgan fingerprint density at radius 3 is 2.43 bits per heavy atom. The van der Waals surface area contributed by atoms with Crippen LogP contribution in [0.15, 0.2) is 29.2 Å². The van der Waals surface area contributed by atoms with Crippen LogP contribution in [0.1, 0.15) is 39.0 Å². The fourth-order valence-electron chi connectivity index (χ4n) is 2.81. The molecule has 1 N–H and O–H groups in total. The van der Waals surface area contributed by atoms with E-state index in [0.717, 1.165) is 23.7 Å². The monoisotopic (exact) mass is 306 g/mol. The van der Waals surface area contributed by atoms with Crippen LogP contribution in [0.25, 0.3) is 0 Å². The van der Waals surface area contributed by atoms with E-state index >= 15 is 0 Å². The van der Waals surface area contributed by atoms with Crippen LogP contribution >= 0.6 is 11.8 Å². The molecular formula is C17H26N2OS. The smallest absolute Gasteiger partial charge is 0.241 e. The maximum Gasteiger partial charge on any atom is 0.241 e. The van der Waals surface area contributed by atoms with Gasteiger partial charge in [-0.1, -0.05) is 31.4 Å². The molecule has 1 unspecified atom stereocenters. The van der Waals surface area contributed by atoms with Crippen molar-refractivity contribution in [1.82, 2.24) is 4.90 Å². The number of hydrogen-bond acceptors (Lipinski definition) is 3. The van der Waals surface area contributed by atoms with Crippen LogP contribution in [0.3, 0.4) is 0 Å². The first-order chi connectivity index (χ1) is 10.2. The Morgan fingerprint density at radius 1 is 1.14 bits per heavy atom. The first-order valence-electron chi connectivity index (χ1n) is 7.90. The van der Waals surface area contributed by atoms with Crippen molar-refractivity contribution in [3.63, 3.8) is 0 Å². The number of benzene rings is 1. The highest BCUT2D eigenvalue weighted by Crippen LogP contribution is 2.25. The molecule has 0 aromatic heterocycles. The first kappa shape index (κ1) is 16.4. The zero-order valence-electron chi connectivity index (χ0n) is 13.1. The summed E-state index contributed by atoms with van der Waals surface area (Å²) in [6, 6.07) is 7.93. The van der Waals surface area contributed by atoms with Gasteiger partial charge in [-0.3, -0.25) is 9.69 Å². The van der Waals surface area contributed by atoms with Gasteiger partial charge in [-0.2, -0.15) is 0 Å². The van der Waals surface area contributed by atoms with E-state index in [9.17, 15) is 4.79 Å².